The van der Waals surface area contributed by atoms with Crippen molar-refractivity contribution in [2.45, 2.75) is 31.2 Å². The highest BCUT2D eigenvalue weighted by Crippen LogP contribution is 2.57. The van der Waals surface area contributed by atoms with Crippen molar-refractivity contribution in [2.24, 2.45) is 0 Å². The number of aryl methyl sites for hydroxylation is 1. The molecule has 0 bridgehead atoms. The molecule has 1 aliphatic rings. The van der Waals surface area contributed by atoms with Crippen molar-refractivity contribution in [2.75, 3.05) is 0 Å². The summed E-state index contributed by atoms with van der Waals surface area (Å²) in [5.74, 6) is 0.173. The van der Waals surface area contributed by atoms with Crippen LogP contribution in [-0.2, 0) is 5.51 Å². The lowest BCUT2D eigenvalue weighted by Crippen LogP contribution is -2.42. The van der Waals surface area contributed by atoms with E-state index in [0.717, 1.165) is 23.8 Å². The van der Waals surface area contributed by atoms with Crippen LogP contribution in [0.1, 0.15) is 29.2 Å². The minimum Gasteiger partial charge on any atom is -0.405 e. The second-order valence-electron chi connectivity index (χ2n) is 4.75. The van der Waals surface area contributed by atoms with Crippen molar-refractivity contribution >= 4 is 20.6 Å². The van der Waals surface area contributed by atoms with Crippen LogP contribution in [0.4, 0.5) is 13.2 Å². The van der Waals surface area contributed by atoms with Gasteiger partial charge in [0.2, 0.25) is 14.8 Å². The topological polar surface area (TPSA) is 69.2 Å². The first-order valence-corrected chi connectivity index (χ1v) is 9.24. The van der Waals surface area contributed by atoms with E-state index in [0.29, 0.717) is 9.58 Å². The van der Waals surface area contributed by atoms with Gasteiger partial charge in [0.15, 0.2) is 9.58 Å². The molecule has 0 radical (unpaired) electrons. The largest absolute Gasteiger partial charge is 0.600 e. The van der Waals surface area contributed by atoms with E-state index in [9.17, 15) is 13.2 Å². The summed E-state index contributed by atoms with van der Waals surface area (Å²) in [5, 5.41) is 0.801. The predicted octanol–water partition coefficient (Wildman–Crippen LogP) is 1.68. The lowest BCUT2D eigenvalue weighted by atomic mass is 10.1. The number of hydrogen-bond acceptors (Lipinski definition) is 3. The molecule has 0 saturated heterocycles. The zero-order chi connectivity index (χ0) is 15.8. The third-order valence-corrected chi connectivity index (χ3v) is 5.42. The molecule has 1 saturated carbocycles. The monoisotopic (exact) mass is 384 g/mol. The quantitative estimate of drug-likeness (QED) is 0.702. The van der Waals surface area contributed by atoms with Gasteiger partial charge < -0.3 is 12.6 Å². The van der Waals surface area contributed by atoms with Crippen molar-refractivity contribution in [1.82, 2.24) is 0 Å². The van der Waals surface area contributed by atoms with E-state index < -0.39 is 30.8 Å². The Bertz CT molecular complexity index is 633. The molecule has 0 N–H and O–H groups in total. The van der Waals surface area contributed by atoms with Crippen LogP contribution in [0.3, 0.4) is 0 Å². The smallest absolute Gasteiger partial charge is 0.405 e. The van der Waals surface area contributed by atoms with Gasteiger partial charge in [-0.25, -0.2) is 0 Å². The second-order valence-corrected chi connectivity index (χ2v) is 7.53. The fourth-order valence-corrected chi connectivity index (χ4v) is 4.49. The molecule has 3 rings (SSSR count). The standard InChI is InChI=1S/C13H12F3S.BrO3/c1-8-3-2-4-11-10(8)7-12(9-5-6-9)17(11)13(14,15)16;2-1(3)4/h2-4,7,9H,5-6H2,1H3;/q+1;-1. The first-order valence-electron chi connectivity index (χ1n) is 6.07. The van der Waals surface area contributed by atoms with Crippen molar-refractivity contribution in [3.63, 3.8) is 0 Å². The van der Waals surface area contributed by atoms with Crippen molar-refractivity contribution in [3.05, 3.63) is 34.7 Å². The Morgan fingerprint density at radius 2 is 1.76 bits per heavy atom. The lowest BCUT2D eigenvalue weighted by molar-refractivity contribution is -1.73. The molecule has 2 aromatic rings. The van der Waals surface area contributed by atoms with Gasteiger partial charge in [0.05, 0.1) is 10.5 Å². The number of halogens is 4. The Labute approximate surface area is 127 Å². The van der Waals surface area contributed by atoms with Gasteiger partial charge >= 0.3 is 5.51 Å². The van der Waals surface area contributed by atoms with Crippen LogP contribution in [0.2, 0.25) is 0 Å². The van der Waals surface area contributed by atoms with Crippen molar-refractivity contribution in [1.29, 1.82) is 0 Å². The fraction of sp³-hybridized carbons (Fsp3) is 0.385. The van der Waals surface area contributed by atoms with Gasteiger partial charge in [0, 0.05) is 17.4 Å². The van der Waals surface area contributed by atoms with Crippen LogP contribution in [-0.4, -0.2) is 0 Å². The number of hydrogen-bond donors (Lipinski definition) is 0. The Kier molecular flexibility index (Phi) is 4.94. The third-order valence-electron chi connectivity index (χ3n) is 3.24. The van der Waals surface area contributed by atoms with E-state index in [-0.39, 0.29) is 5.92 Å². The zero-order valence-corrected chi connectivity index (χ0v) is 13.3. The van der Waals surface area contributed by atoms with Crippen molar-refractivity contribution in [3.8, 4) is 0 Å². The summed E-state index contributed by atoms with van der Waals surface area (Å²) >= 11 is -3.65. The molecular formula is C13H12BrF3O3S. The molecule has 1 heterocycles. The third kappa shape index (κ3) is 3.95. The maximum absolute atomic E-state index is 13.2. The lowest BCUT2D eigenvalue weighted by Gasteiger charge is -1.98. The maximum atomic E-state index is 13.2. The van der Waals surface area contributed by atoms with Crippen LogP contribution < -0.4 is 12.6 Å². The highest BCUT2D eigenvalue weighted by molar-refractivity contribution is 7.38. The molecule has 1 atom stereocenters. The average Bonchev–Trinajstić information content (AvgIpc) is 3.08. The summed E-state index contributed by atoms with van der Waals surface area (Å²) in [4.78, 5) is 0.613. The van der Waals surface area contributed by atoms with E-state index in [4.69, 9.17) is 12.6 Å². The highest BCUT2D eigenvalue weighted by Gasteiger charge is 2.51. The van der Waals surface area contributed by atoms with Crippen LogP contribution in [0.5, 0.6) is 0 Å². The SMILES string of the molecule is Cc1cccc2c1cc(C1CC1)[s+]2C(F)(F)F.[O-][Br+2]([O-])[O-]. The molecular weight excluding hydrogens is 373 g/mol. The first-order chi connectivity index (χ1) is 9.71. The summed E-state index contributed by atoms with van der Waals surface area (Å²) in [7, 11) is -1.67. The number of benzene rings is 1. The molecule has 1 fully saturated rings. The highest BCUT2D eigenvalue weighted by atomic mass is 80.0. The van der Waals surface area contributed by atoms with Gasteiger partial charge in [0.1, 0.15) is 0 Å². The van der Waals surface area contributed by atoms with E-state index in [1.54, 1.807) is 18.2 Å². The molecule has 1 aliphatic carbocycles. The van der Waals surface area contributed by atoms with Gasteiger partial charge in [0.25, 0.3) is 0 Å². The summed E-state index contributed by atoms with van der Waals surface area (Å²) in [6, 6.07) is 7.02. The molecule has 3 nitrogen and oxygen atoms in total. The Balaban J connectivity index is 0.000000361. The minimum absolute atomic E-state index is 0.173. The Morgan fingerprint density at radius 3 is 2.24 bits per heavy atom. The molecule has 0 aliphatic heterocycles. The van der Waals surface area contributed by atoms with Gasteiger partial charge in [-0.05, 0) is 31.4 Å². The minimum atomic E-state index is -4.13. The molecule has 1 unspecified atom stereocenters. The molecule has 21 heavy (non-hydrogen) atoms. The van der Waals surface area contributed by atoms with Gasteiger partial charge in [-0.3, -0.25) is 0 Å². The van der Waals surface area contributed by atoms with E-state index >= 15 is 0 Å². The summed E-state index contributed by atoms with van der Waals surface area (Å²) in [5.41, 5.74) is -3.19. The number of alkyl halides is 3. The maximum Gasteiger partial charge on any atom is 0.600 e. The molecule has 1 aromatic carbocycles. The number of fused-ring (bicyclic) bond motifs is 1. The van der Waals surface area contributed by atoms with Gasteiger partial charge in [-0.15, -0.1) is 13.2 Å². The molecule has 0 amide bonds. The predicted molar refractivity (Wildman–Crippen MR) is 64.4 cm³/mol. The number of thiophene rings is 1. The second kappa shape index (κ2) is 6.21. The molecule has 0 spiro atoms. The van der Waals surface area contributed by atoms with E-state index in [1.165, 1.54) is 0 Å². The van der Waals surface area contributed by atoms with Gasteiger partial charge in [-0.2, -0.15) is 0 Å². The summed E-state index contributed by atoms with van der Waals surface area (Å²) in [6.07, 6.45) is 1.83. The Hall–Kier alpha value is -0.670. The summed E-state index contributed by atoms with van der Waals surface area (Å²) < 4.78 is 65.6. The van der Waals surface area contributed by atoms with Crippen LogP contribution in [0, 0.1) is 21.7 Å². The van der Waals surface area contributed by atoms with Crippen LogP contribution in [0.15, 0.2) is 24.3 Å². The van der Waals surface area contributed by atoms with Crippen LogP contribution >= 0.6 is 10.5 Å². The number of rotatable bonds is 1. The fourth-order valence-electron chi connectivity index (χ4n) is 2.26. The van der Waals surface area contributed by atoms with Crippen LogP contribution in [0.25, 0.3) is 10.1 Å². The Morgan fingerprint density at radius 1 is 1.19 bits per heavy atom. The van der Waals surface area contributed by atoms with Crippen molar-refractivity contribution < 1.29 is 40.6 Å². The van der Waals surface area contributed by atoms with E-state index in [1.807, 2.05) is 13.0 Å². The molecule has 1 aromatic heterocycles. The summed E-state index contributed by atoms with van der Waals surface area (Å²) in [6.45, 7) is 1.88. The zero-order valence-electron chi connectivity index (χ0n) is 10.9. The average molecular weight is 385 g/mol. The molecule has 8 heteroatoms. The van der Waals surface area contributed by atoms with Gasteiger partial charge in [-0.1, -0.05) is 12.1 Å². The normalized spacial score (nSPS) is 16.1. The first kappa shape index (κ1) is 16.7. The molecule has 116 valence electrons. The van der Waals surface area contributed by atoms with E-state index in [2.05, 4.69) is 0 Å².